The zero-order valence-corrected chi connectivity index (χ0v) is 28.5. The van der Waals surface area contributed by atoms with Gasteiger partial charge in [0.05, 0.1) is 0 Å². The van der Waals surface area contributed by atoms with E-state index in [-0.39, 0.29) is 5.69 Å². The molecule has 41 heavy (non-hydrogen) atoms. The molecule has 4 rings (SSSR count). The number of ether oxygens (including phenoxy) is 2. The Morgan fingerprint density at radius 2 is 1.63 bits per heavy atom. The van der Waals surface area contributed by atoms with Crippen molar-refractivity contribution in [3.63, 3.8) is 0 Å². The Labute approximate surface area is 256 Å². The summed E-state index contributed by atoms with van der Waals surface area (Å²) in [4.78, 5) is 13.1. The van der Waals surface area contributed by atoms with Crippen LogP contribution in [0.2, 0.25) is 26.8 Å². The average molecular weight is 654 g/mol. The van der Waals surface area contributed by atoms with Gasteiger partial charge in [-0.15, -0.1) is 0 Å². The third kappa shape index (κ3) is 7.56. The van der Waals surface area contributed by atoms with Gasteiger partial charge in [-0.05, 0) is 0 Å². The molecule has 0 aliphatic carbocycles. The summed E-state index contributed by atoms with van der Waals surface area (Å²) in [5.41, 5.74) is 4.06. The van der Waals surface area contributed by atoms with E-state index in [0.717, 1.165) is 29.0 Å². The van der Waals surface area contributed by atoms with Crippen LogP contribution in [-0.4, -0.2) is 41.2 Å². The van der Waals surface area contributed by atoms with Crippen molar-refractivity contribution in [2.45, 2.75) is 63.4 Å². The van der Waals surface area contributed by atoms with Gasteiger partial charge in [-0.1, -0.05) is 0 Å². The normalized spacial score (nSPS) is 11.9. The van der Waals surface area contributed by atoms with E-state index in [1.54, 1.807) is 16.8 Å². The zero-order valence-electron chi connectivity index (χ0n) is 24.8. The van der Waals surface area contributed by atoms with Crippen LogP contribution in [0.15, 0.2) is 66.7 Å². The molecule has 4 aromatic rings. The molecule has 5 nitrogen and oxygen atoms in total. The van der Waals surface area contributed by atoms with Crippen LogP contribution in [0.3, 0.4) is 0 Å². The number of aryl methyl sites for hydroxylation is 1. The fraction of sp³-hybridized carbons (Fsp3) is 0.333. The number of carbonyl (C=O) groups is 1. The standard InChI is InChI=1S/C33H38Cl2GeN2O3/c1-8-40-27-16-9-23(10-17-27)19-20-36(6,7)26-14-11-24(12-15-26)31-22(2)30(32(39)41-33(3,4)5)37-38(31)29-18-13-25(34)21-28(29)35/h9-18,21H,8,19-20H2,1-7H3. The first-order valence-electron chi connectivity index (χ1n) is 13.9. The monoisotopic (exact) mass is 654 g/mol. The maximum absolute atomic E-state index is 13.1. The molecule has 0 saturated carbocycles. The van der Waals surface area contributed by atoms with Crippen molar-refractivity contribution in [3.8, 4) is 22.7 Å². The Morgan fingerprint density at radius 1 is 0.976 bits per heavy atom. The Bertz CT molecular complexity index is 1520. The summed E-state index contributed by atoms with van der Waals surface area (Å²) in [7, 11) is 0. The van der Waals surface area contributed by atoms with Crippen molar-refractivity contribution >= 4 is 46.8 Å². The van der Waals surface area contributed by atoms with E-state index in [1.807, 2.05) is 40.7 Å². The van der Waals surface area contributed by atoms with E-state index in [2.05, 4.69) is 60.0 Å². The molecule has 1 aromatic heterocycles. The molecule has 0 amide bonds. The second-order valence-electron chi connectivity index (χ2n) is 11.9. The van der Waals surface area contributed by atoms with Gasteiger partial charge in [-0.3, -0.25) is 0 Å². The maximum atomic E-state index is 13.1. The van der Waals surface area contributed by atoms with Gasteiger partial charge in [-0.25, -0.2) is 0 Å². The number of carbonyl (C=O) groups excluding carboxylic acids is 1. The van der Waals surface area contributed by atoms with Gasteiger partial charge in [0.25, 0.3) is 0 Å². The number of aromatic nitrogens is 2. The number of hydrogen-bond acceptors (Lipinski definition) is 4. The average Bonchev–Trinajstić information content (AvgIpc) is 3.24. The molecule has 0 atom stereocenters. The molecule has 216 valence electrons. The molecule has 0 saturated heterocycles. The first kappa shape index (κ1) is 31.2. The van der Waals surface area contributed by atoms with Crippen LogP contribution in [0.5, 0.6) is 5.75 Å². The molecule has 0 radical (unpaired) electrons. The van der Waals surface area contributed by atoms with Gasteiger partial charge in [0.1, 0.15) is 0 Å². The van der Waals surface area contributed by atoms with Crippen LogP contribution in [0.1, 0.15) is 49.3 Å². The van der Waals surface area contributed by atoms with Crippen molar-refractivity contribution < 1.29 is 14.3 Å². The SMILES string of the molecule is CCOc1ccc(C[CH2][Ge]([CH3])([CH3])[c]2ccc(-c3c(C)c(C(=O)OC(C)(C)C)nn3-c3ccc(Cl)cc3Cl)cc2)cc1. The first-order valence-corrected chi connectivity index (χ1v) is 21.4. The molecule has 8 heteroatoms. The number of rotatable bonds is 9. The predicted octanol–water partition coefficient (Wildman–Crippen LogP) is 8.67. The van der Waals surface area contributed by atoms with Gasteiger partial charge < -0.3 is 0 Å². The van der Waals surface area contributed by atoms with Gasteiger partial charge in [0, 0.05) is 0 Å². The third-order valence-electron chi connectivity index (χ3n) is 7.07. The van der Waals surface area contributed by atoms with Crippen LogP contribution < -0.4 is 9.13 Å². The van der Waals surface area contributed by atoms with E-state index in [4.69, 9.17) is 37.8 Å². The molecule has 0 unspecified atom stereocenters. The van der Waals surface area contributed by atoms with Crippen LogP contribution >= 0.6 is 23.2 Å². The number of esters is 1. The van der Waals surface area contributed by atoms with E-state index in [1.165, 1.54) is 15.2 Å². The molecular formula is C33H38Cl2GeN2O3. The van der Waals surface area contributed by atoms with Crippen molar-refractivity contribution in [2.24, 2.45) is 0 Å². The molecule has 3 aromatic carbocycles. The van der Waals surface area contributed by atoms with Crippen molar-refractivity contribution in [1.29, 1.82) is 0 Å². The van der Waals surface area contributed by atoms with E-state index >= 15 is 0 Å². The molecule has 0 fully saturated rings. The molecule has 0 bridgehead atoms. The minimum atomic E-state index is -2.31. The molecule has 0 aliphatic rings. The number of hydrogen-bond donors (Lipinski definition) is 0. The van der Waals surface area contributed by atoms with Gasteiger partial charge >= 0.3 is 257 Å². The van der Waals surface area contributed by atoms with E-state index < -0.39 is 24.8 Å². The van der Waals surface area contributed by atoms with Crippen LogP contribution in [0, 0.1) is 6.92 Å². The Balaban J connectivity index is 1.66. The summed E-state index contributed by atoms with van der Waals surface area (Å²) in [6.45, 7) is 10.1. The summed E-state index contributed by atoms with van der Waals surface area (Å²) in [6, 6.07) is 22.4. The summed E-state index contributed by atoms with van der Waals surface area (Å²) < 4.78 is 14.4. The van der Waals surface area contributed by atoms with Crippen molar-refractivity contribution in [2.75, 3.05) is 6.61 Å². The fourth-order valence-corrected chi connectivity index (χ4v) is 10.0. The molecule has 0 spiro atoms. The Morgan fingerprint density at radius 3 is 2.22 bits per heavy atom. The second kappa shape index (κ2) is 12.6. The topological polar surface area (TPSA) is 53.4 Å². The van der Waals surface area contributed by atoms with Crippen molar-refractivity contribution in [1.82, 2.24) is 9.78 Å². The van der Waals surface area contributed by atoms with Crippen LogP contribution in [0.25, 0.3) is 16.9 Å². The molecular weight excluding hydrogens is 616 g/mol. The van der Waals surface area contributed by atoms with Crippen molar-refractivity contribution in [3.05, 3.63) is 93.6 Å². The summed E-state index contributed by atoms with van der Waals surface area (Å²) in [6.07, 6.45) is 1.04. The van der Waals surface area contributed by atoms with Gasteiger partial charge in [0.2, 0.25) is 0 Å². The second-order valence-corrected chi connectivity index (χ2v) is 22.9. The van der Waals surface area contributed by atoms with E-state index in [9.17, 15) is 4.79 Å². The Kier molecular flexibility index (Phi) is 9.62. The third-order valence-corrected chi connectivity index (χ3v) is 14.7. The minimum absolute atomic E-state index is 0.262. The molecule has 1 heterocycles. The zero-order chi connectivity index (χ0) is 29.9. The van der Waals surface area contributed by atoms with Crippen LogP contribution in [0.4, 0.5) is 0 Å². The van der Waals surface area contributed by atoms with Gasteiger partial charge in [-0.2, -0.15) is 0 Å². The summed E-state index contributed by atoms with van der Waals surface area (Å²) >= 11 is 10.5. The number of halogens is 2. The molecule has 0 aliphatic heterocycles. The quantitative estimate of drug-likeness (QED) is 0.134. The number of benzene rings is 3. The van der Waals surface area contributed by atoms with E-state index in [0.29, 0.717) is 22.3 Å². The predicted molar refractivity (Wildman–Crippen MR) is 172 cm³/mol. The first-order chi connectivity index (χ1) is 19.3. The summed E-state index contributed by atoms with van der Waals surface area (Å²) in [5.74, 6) is 5.35. The summed E-state index contributed by atoms with van der Waals surface area (Å²) in [5, 5.41) is 6.85. The Hall–Kier alpha value is -2.74. The van der Waals surface area contributed by atoms with Gasteiger partial charge in [0.15, 0.2) is 0 Å². The van der Waals surface area contributed by atoms with Crippen LogP contribution in [-0.2, 0) is 11.2 Å². The number of nitrogens with zero attached hydrogens (tertiary/aromatic N) is 2. The molecule has 0 N–H and O–H groups in total. The fourth-order valence-electron chi connectivity index (χ4n) is 4.78.